The fraction of sp³-hybridized carbons (Fsp3) is 0.800. The van der Waals surface area contributed by atoms with Crippen molar-refractivity contribution in [2.45, 2.75) is 77.7 Å². The molecule has 10 nitrogen and oxygen atoms in total. The second-order valence-electron chi connectivity index (χ2n) is 8.05. The van der Waals surface area contributed by atoms with Gasteiger partial charge in [0.15, 0.2) is 0 Å². The predicted molar refractivity (Wildman–Crippen MR) is 120 cm³/mol. The molecule has 0 bridgehead atoms. The number of aliphatic hydroxyl groups excluding tert-OH is 1. The van der Waals surface area contributed by atoms with Crippen LogP contribution in [-0.2, 0) is 19.2 Å². The highest BCUT2D eigenvalue weighted by atomic mass is 32.2. The van der Waals surface area contributed by atoms with E-state index >= 15 is 0 Å². The van der Waals surface area contributed by atoms with E-state index < -0.39 is 59.9 Å². The van der Waals surface area contributed by atoms with Gasteiger partial charge in [-0.25, -0.2) is 4.79 Å². The van der Waals surface area contributed by atoms with Crippen molar-refractivity contribution >= 4 is 35.5 Å². The molecule has 0 aromatic heterocycles. The van der Waals surface area contributed by atoms with Gasteiger partial charge in [-0.1, -0.05) is 34.1 Å². The maximum absolute atomic E-state index is 12.8. The Labute approximate surface area is 188 Å². The highest BCUT2D eigenvalue weighted by molar-refractivity contribution is 7.98. The lowest BCUT2D eigenvalue weighted by molar-refractivity contribution is -0.144. The van der Waals surface area contributed by atoms with Crippen LogP contribution in [0.25, 0.3) is 0 Å². The Bertz CT molecular complexity index is 616. The summed E-state index contributed by atoms with van der Waals surface area (Å²) in [4.78, 5) is 49.2. The number of hydrogen-bond donors (Lipinski definition) is 6. The fourth-order valence-corrected chi connectivity index (χ4v) is 3.17. The largest absolute Gasteiger partial charge is 0.480 e. The average Bonchev–Trinajstić information content (AvgIpc) is 2.70. The second kappa shape index (κ2) is 14.3. The van der Waals surface area contributed by atoms with Gasteiger partial charge < -0.3 is 31.9 Å². The van der Waals surface area contributed by atoms with E-state index in [-0.39, 0.29) is 5.92 Å². The summed E-state index contributed by atoms with van der Waals surface area (Å²) in [6.07, 6.45) is 1.56. The van der Waals surface area contributed by atoms with Gasteiger partial charge in [0.1, 0.15) is 18.1 Å². The number of nitrogens with one attached hydrogen (secondary N) is 3. The molecule has 0 aromatic rings. The van der Waals surface area contributed by atoms with Crippen molar-refractivity contribution in [2.24, 2.45) is 17.6 Å². The molecule has 0 fully saturated rings. The van der Waals surface area contributed by atoms with E-state index in [1.165, 1.54) is 18.7 Å². The lowest BCUT2D eigenvalue weighted by Gasteiger charge is -2.27. The topological polar surface area (TPSA) is 171 Å². The molecule has 31 heavy (non-hydrogen) atoms. The van der Waals surface area contributed by atoms with Gasteiger partial charge in [-0.3, -0.25) is 14.4 Å². The first kappa shape index (κ1) is 29.1. The molecule has 0 saturated heterocycles. The Hall–Kier alpha value is -1.85. The van der Waals surface area contributed by atoms with Gasteiger partial charge in [0.25, 0.3) is 0 Å². The van der Waals surface area contributed by atoms with E-state index in [0.29, 0.717) is 18.6 Å². The van der Waals surface area contributed by atoms with Gasteiger partial charge in [0.05, 0.1) is 12.1 Å². The zero-order valence-corrected chi connectivity index (χ0v) is 20.0. The molecule has 0 aliphatic carbocycles. The van der Waals surface area contributed by atoms with Crippen LogP contribution in [0.3, 0.4) is 0 Å². The summed E-state index contributed by atoms with van der Waals surface area (Å²) in [5.41, 5.74) is 5.95. The molecular formula is C20H38N4O6S. The second-order valence-corrected chi connectivity index (χ2v) is 9.03. The van der Waals surface area contributed by atoms with Crippen molar-refractivity contribution in [1.82, 2.24) is 16.0 Å². The van der Waals surface area contributed by atoms with Crippen molar-refractivity contribution in [3.63, 3.8) is 0 Å². The van der Waals surface area contributed by atoms with Crippen LogP contribution >= 0.6 is 11.8 Å². The molecule has 6 unspecified atom stereocenters. The number of thioether (sulfide) groups is 1. The standard InChI is InChI=1S/C20H38N4O6S/c1-7-11(4)14(21)18(27)22-13(8-9-31-6)17(26)24-16(12(5)25)19(28)23-15(10(2)3)20(29)30/h10-16,25H,7-9,21H2,1-6H3,(H,22,27)(H,23,28)(H,24,26)(H,29,30). The van der Waals surface area contributed by atoms with Crippen molar-refractivity contribution in [2.75, 3.05) is 12.0 Å². The monoisotopic (exact) mass is 462 g/mol. The SMILES string of the molecule is CCC(C)C(N)C(=O)NC(CCSC)C(=O)NC(C(=O)NC(C(=O)O)C(C)C)C(C)O. The number of amides is 3. The number of carboxylic acids is 1. The van der Waals surface area contributed by atoms with E-state index in [1.54, 1.807) is 13.8 Å². The number of carbonyl (C=O) groups excluding carboxylic acids is 3. The molecule has 0 radical (unpaired) electrons. The minimum Gasteiger partial charge on any atom is -0.480 e. The lowest BCUT2D eigenvalue weighted by Crippen LogP contribution is -2.60. The van der Waals surface area contributed by atoms with E-state index in [9.17, 15) is 29.4 Å². The van der Waals surface area contributed by atoms with Gasteiger partial charge in [-0.2, -0.15) is 11.8 Å². The molecule has 7 N–H and O–H groups in total. The summed E-state index contributed by atoms with van der Waals surface area (Å²) in [5.74, 6) is -3.09. The van der Waals surface area contributed by atoms with Crippen molar-refractivity contribution in [1.29, 1.82) is 0 Å². The van der Waals surface area contributed by atoms with Crippen molar-refractivity contribution in [3.8, 4) is 0 Å². The normalized spacial score (nSPS) is 17.1. The Kier molecular flexibility index (Phi) is 13.4. The maximum Gasteiger partial charge on any atom is 0.326 e. The molecule has 0 spiro atoms. The molecule has 6 atom stereocenters. The third kappa shape index (κ3) is 9.88. The molecule has 3 amide bonds. The summed E-state index contributed by atoms with van der Waals surface area (Å²) >= 11 is 1.48. The lowest BCUT2D eigenvalue weighted by atomic mass is 9.99. The van der Waals surface area contributed by atoms with Crippen LogP contribution in [0.5, 0.6) is 0 Å². The summed E-state index contributed by atoms with van der Waals surface area (Å²) < 4.78 is 0. The van der Waals surface area contributed by atoms with Gasteiger partial charge >= 0.3 is 5.97 Å². The van der Waals surface area contributed by atoms with Crippen LogP contribution in [0, 0.1) is 11.8 Å². The molecule has 0 rings (SSSR count). The van der Waals surface area contributed by atoms with E-state index in [1.807, 2.05) is 20.1 Å². The predicted octanol–water partition coefficient (Wildman–Crippen LogP) is -0.311. The van der Waals surface area contributed by atoms with Crippen molar-refractivity contribution < 1.29 is 29.4 Å². The highest BCUT2D eigenvalue weighted by Gasteiger charge is 2.33. The van der Waals surface area contributed by atoms with Gasteiger partial charge in [-0.15, -0.1) is 0 Å². The van der Waals surface area contributed by atoms with Crippen LogP contribution in [0.2, 0.25) is 0 Å². The highest BCUT2D eigenvalue weighted by Crippen LogP contribution is 2.08. The summed E-state index contributed by atoms with van der Waals surface area (Å²) in [5, 5.41) is 26.7. The quantitative estimate of drug-likeness (QED) is 0.204. The first-order valence-corrected chi connectivity index (χ1v) is 11.8. The van der Waals surface area contributed by atoms with E-state index in [0.717, 1.165) is 0 Å². The number of aliphatic carboxylic acids is 1. The number of rotatable bonds is 14. The number of hydrogen-bond acceptors (Lipinski definition) is 7. The third-order valence-electron chi connectivity index (χ3n) is 5.10. The molecule has 0 aliphatic rings. The van der Waals surface area contributed by atoms with Gasteiger partial charge in [0, 0.05) is 0 Å². The minimum absolute atomic E-state index is 0.0794. The fourth-order valence-electron chi connectivity index (χ4n) is 2.70. The first-order valence-electron chi connectivity index (χ1n) is 10.4. The zero-order chi connectivity index (χ0) is 24.3. The van der Waals surface area contributed by atoms with Crippen LogP contribution in [0.4, 0.5) is 0 Å². The number of aliphatic hydroxyl groups is 1. The molecular weight excluding hydrogens is 424 g/mol. The third-order valence-corrected chi connectivity index (χ3v) is 5.74. The van der Waals surface area contributed by atoms with Gasteiger partial charge in [0.2, 0.25) is 17.7 Å². The van der Waals surface area contributed by atoms with Crippen molar-refractivity contribution in [3.05, 3.63) is 0 Å². The molecule has 11 heteroatoms. The summed E-state index contributed by atoms with van der Waals surface area (Å²) in [7, 11) is 0. The summed E-state index contributed by atoms with van der Waals surface area (Å²) in [6, 6.07) is -4.30. The molecule has 0 heterocycles. The Morgan fingerprint density at radius 1 is 0.935 bits per heavy atom. The number of nitrogens with two attached hydrogens (primary N) is 1. The molecule has 180 valence electrons. The van der Waals surface area contributed by atoms with E-state index in [4.69, 9.17) is 5.73 Å². The van der Waals surface area contributed by atoms with Crippen LogP contribution in [0.15, 0.2) is 0 Å². The zero-order valence-electron chi connectivity index (χ0n) is 19.2. The Balaban J connectivity index is 5.41. The molecule has 0 saturated carbocycles. The number of carboxylic acid groups (broad SMARTS) is 1. The maximum atomic E-state index is 12.8. The number of carbonyl (C=O) groups is 4. The minimum atomic E-state index is -1.38. The summed E-state index contributed by atoms with van der Waals surface area (Å²) in [6.45, 7) is 8.31. The average molecular weight is 463 g/mol. The van der Waals surface area contributed by atoms with Gasteiger partial charge in [-0.05, 0) is 37.2 Å². The first-order chi connectivity index (χ1) is 14.4. The molecule has 0 aliphatic heterocycles. The van der Waals surface area contributed by atoms with E-state index in [2.05, 4.69) is 16.0 Å². The van der Waals surface area contributed by atoms with Crippen LogP contribution < -0.4 is 21.7 Å². The Morgan fingerprint density at radius 3 is 1.90 bits per heavy atom. The van der Waals surface area contributed by atoms with Crippen LogP contribution in [-0.4, -0.2) is 76.2 Å². The van der Waals surface area contributed by atoms with Crippen LogP contribution in [0.1, 0.15) is 47.5 Å². The smallest absolute Gasteiger partial charge is 0.326 e. The molecule has 0 aromatic carbocycles. The Morgan fingerprint density at radius 2 is 1.48 bits per heavy atom.